The number of aliphatic hydroxyl groups is 1. The Morgan fingerprint density at radius 1 is 1.32 bits per heavy atom. The molecule has 0 aliphatic carbocycles. The van der Waals surface area contributed by atoms with Crippen LogP contribution in [-0.2, 0) is 0 Å². The maximum absolute atomic E-state index is 12.6. The topological polar surface area (TPSA) is 52.6 Å². The van der Waals surface area contributed by atoms with Gasteiger partial charge in [-0.1, -0.05) is 32.4 Å². The summed E-state index contributed by atoms with van der Waals surface area (Å²) in [5, 5.41) is 13.0. The van der Waals surface area contributed by atoms with Crippen LogP contribution in [0.5, 0.6) is 0 Å². The van der Waals surface area contributed by atoms with E-state index in [0.29, 0.717) is 5.56 Å². The molecule has 22 heavy (non-hydrogen) atoms. The fourth-order valence-corrected chi connectivity index (χ4v) is 2.66. The monoisotopic (exact) mass is 304 g/mol. The molecule has 122 valence electrons. The largest absolute Gasteiger partial charge is 0.391 e. The average Bonchev–Trinajstić information content (AvgIpc) is 2.97. The van der Waals surface area contributed by atoms with Gasteiger partial charge in [-0.3, -0.25) is 4.79 Å². The lowest BCUT2D eigenvalue weighted by Gasteiger charge is -2.26. The van der Waals surface area contributed by atoms with Crippen molar-refractivity contribution in [1.29, 1.82) is 0 Å². The van der Waals surface area contributed by atoms with E-state index in [4.69, 9.17) is 0 Å². The van der Waals surface area contributed by atoms with Crippen LogP contribution in [0.3, 0.4) is 0 Å². The molecule has 0 saturated carbocycles. The second-order valence-corrected chi connectivity index (χ2v) is 7.31. The van der Waals surface area contributed by atoms with Crippen LogP contribution >= 0.6 is 0 Å². The van der Waals surface area contributed by atoms with Gasteiger partial charge in [0, 0.05) is 25.3 Å². The number of nitrogens with zero attached hydrogens (tertiary/aromatic N) is 1. The molecule has 1 saturated heterocycles. The first-order valence-electron chi connectivity index (χ1n) is 8.11. The van der Waals surface area contributed by atoms with Crippen molar-refractivity contribution in [1.82, 2.24) is 5.32 Å². The number of aryl methyl sites for hydroxylation is 1. The van der Waals surface area contributed by atoms with E-state index in [0.717, 1.165) is 24.3 Å². The summed E-state index contributed by atoms with van der Waals surface area (Å²) in [6, 6.07) is 6.02. The smallest absolute Gasteiger partial charge is 0.253 e. The molecular formula is C18H28N2O2. The van der Waals surface area contributed by atoms with Gasteiger partial charge >= 0.3 is 0 Å². The lowest BCUT2D eigenvalue weighted by atomic mass is 9.89. The van der Waals surface area contributed by atoms with Crippen LogP contribution < -0.4 is 10.2 Å². The normalized spacial score (nSPS) is 16.7. The van der Waals surface area contributed by atoms with Gasteiger partial charge in [0.15, 0.2) is 0 Å². The Bertz CT molecular complexity index is 528. The first kappa shape index (κ1) is 16.8. The molecule has 1 amide bonds. The third-order valence-corrected chi connectivity index (χ3v) is 4.30. The molecule has 0 aromatic heterocycles. The van der Waals surface area contributed by atoms with Gasteiger partial charge in [0.1, 0.15) is 0 Å². The van der Waals surface area contributed by atoms with Crippen LogP contribution in [-0.4, -0.2) is 36.8 Å². The van der Waals surface area contributed by atoms with Gasteiger partial charge in [-0.2, -0.15) is 0 Å². The van der Waals surface area contributed by atoms with Crippen molar-refractivity contribution < 1.29 is 9.90 Å². The lowest BCUT2D eigenvalue weighted by Crippen LogP contribution is -2.39. The Labute approximate surface area is 133 Å². The SMILES string of the molecule is Cc1ccc(N2CCCC2)c(C(=O)NCC(O)C(C)(C)C)c1. The average molecular weight is 304 g/mol. The summed E-state index contributed by atoms with van der Waals surface area (Å²) in [6.07, 6.45) is 1.80. The second kappa shape index (κ2) is 6.69. The maximum Gasteiger partial charge on any atom is 0.253 e. The van der Waals surface area contributed by atoms with E-state index in [9.17, 15) is 9.90 Å². The van der Waals surface area contributed by atoms with Gasteiger partial charge in [0.05, 0.1) is 11.7 Å². The molecule has 1 aliphatic heterocycles. The first-order valence-corrected chi connectivity index (χ1v) is 8.11. The molecule has 1 fully saturated rings. The van der Waals surface area contributed by atoms with E-state index < -0.39 is 6.10 Å². The summed E-state index contributed by atoms with van der Waals surface area (Å²) in [4.78, 5) is 14.8. The van der Waals surface area contributed by atoms with Crippen LogP contribution in [0, 0.1) is 12.3 Å². The number of amides is 1. The number of benzene rings is 1. The van der Waals surface area contributed by atoms with Gasteiger partial charge in [-0.25, -0.2) is 0 Å². The summed E-state index contributed by atoms with van der Waals surface area (Å²) in [6.45, 7) is 10.2. The molecule has 1 atom stereocenters. The minimum atomic E-state index is -0.559. The second-order valence-electron chi connectivity index (χ2n) is 7.31. The molecule has 1 unspecified atom stereocenters. The zero-order chi connectivity index (χ0) is 16.3. The molecular weight excluding hydrogens is 276 g/mol. The summed E-state index contributed by atoms with van der Waals surface area (Å²) in [7, 11) is 0. The number of rotatable bonds is 4. The van der Waals surface area contributed by atoms with E-state index in [1.165, 1.54) is 12.8 Å². The summed E-state index contributed by atoms with van der Waals surface area (Å²) >= 11 is 0. The first-order chi connectivity index (χ1) is 10.3. The van der Waals surface area contributed by atoms with E-state index >= 15 is 0 Å². The molecule has 0 spiro atoms. The van der Waals surface area contributed by atoms with Crippen molar-refractivity contribution in [3.05, 3.63) is 29.3 Å². The van der Waals surface area contributed by atoms with E-state index in [2.05, 4.69) is 16.3 Å². The molecule has 2 N–H and O–H groups in total. The number of hydrogen-bond donors (Lipinski definition) is 2. The minimum Gasteiger partial charge on any atom is -0.391 e. The molecule has 1 aromatic carbocycles. The van der Waals surface area contributed by atoms with Crippen molar-refractivity contribution in [2.75, 3.05) is 24.5 Å². The highest BCUT2D eigenvalue weighted by molar-refractivity contribution is 6.00. The molecule has 4 nitrogen and oxygen atoms in total. The van der Waals surface area contributed by atoms with E-state index in [1.54, 1.807) is 0 Å². The van der Waals surface area contributed by atoms with Crippen LogP contribution in [0.2, 0.25) is 0 Å². The number of nitrogens with one attached hydrogen (secondary N) is 1. The lowest BCUT2D eigenvalue weighted by molar-refractivity contribution is 0.0587. The Balaban J connectivity index is 2.13. The van der Waals surface area contributed by atoms with Crippen LogP contribution in [0.1, 0.15) is 49.5 Å². The molecule has 1 heterocycles. The van der Waals surface area contributed by atoms with Crippen LogP contribution in [0.25, 0.3) is 0 Å². The number of carbonyl (C=O) groups is 1. The van der Waals surface area contributed by atoms with Crippen LogP contribution in [0.4, 0.5) is 5.69 Å². The minimum absolute atomic E-state index is 0.103. The van der Waals surface area contributed by atoms with Crippen molar-refractivity contribution in [2.24, 2.45) is 5.41 Å². The van der Waals surface area contributed by atoms with E-state index in [1.807, 2.05) is 39.8 Å². The Morgan fingerprint density at radius 2 is 1.95 bits per heavy atom. The quantitative estimate of drug-likeness (QED) is 0.899. The van der Waals surface area contributed by atoms with E-state index in [-0.39, 0.29) is 17.9 Å². The number of hydrogen-bond acceptors (Lipinski definition) is 3. The van der Waals surface area contributed by atoms with Crippen molar-refractivity contribution >= 4 is 11.6 Å². The van der Waals surface area contributed by atoms with Crippen LogP contribution in [0.15, 0.2) is 18.2 Å². The zero-order valence-corrected chi connectivity index (χ0v) is 14.1. The fraction of sp³-hybridized carbons (Fsp3) is 0.611. The standard InChI is InChI=1S/C18H28N2O2/c1-13-7-8-15(20-9-5-6-10-20)14(11-13)17(22)19-12-16(21)18(2,3)4/h7-8,11,16,21H,5-6,9-10,12H2,1-4H3,(H,19,22). The van der Waals surface area contributed by atoms with Crippen molar-refractivity contribution in [3.63, 3.8) is 0 Å². The summed E-state index contributed by atoms with van der Waals surface area (Å²) in [5.74, 6) is -0.103. The Hall–Kier alpha value is -1.55. The molecule has 4 heteroatoms. The molecule has 2 rings (SSSR count). The summed E-state index contributed by atoms with van der Waals surface area (Å²) < 4.78 is 0. The van der Waals surface area contributed by atoms with Crippen molar-refractivity contribution in [3.8, 4) is 0 Å². The zero-order valence-electron chi connectivity index (χ0n) is 14.1. The molecule has 1 aromatic rings. The molecule has 1 aliphatic rings. The number of carbonyl (C=O) groups excluding carboxylic acids is 1. The number of aliphatic hydroxyl groups excluding tert-OH is 1. The van der Waals surface area contributed by atoms with Gasteiger partial charge in [0.25, 0.3) is 5.91 Å². The highest BCUT2D eigenvalue weighted by atomic mass is 16.3. The van der Waals surface area contributed by atoms with Gasteiger partial charge in [0.2, 0.25) is 0 Å². The van der Waals surface area contributed by atoms with Gasteiger partial charge < -0.3 is 15.3 Å². The highest BCUT2D eigenvalue weighted by Crippen LogP contribution is 2.26. The maximum atomic E-state index is 12.6. The van der Waals surface area contributed by atoms with Gasteiger partial charge in [-0.15, -0.1) is 0 Å². The molecule has 0 radical (unpaired) electrons. The fourth-order valence-electron chi connectivity index (χ4n) is 2.66. The Morgan fingerprint density at radius 3 is 2.55 bits per heavy atom. The van der Waals surface area contributed by atoms with Crippen molar-refractivity contribution in [2.45, 2.75) is 46.6 Å². The third kappa shape index (κ3) is 4.01. The predicted molar refractivity (Wildman–Crippen MR) is 90.4 cm³/mol. The number of anilines is 1. The predicted octanol–water partition coefficient (Wildman–Crippen LogP) is 2.73. The third-order valence-electron chi connectivity index (χ3n) is 4.30. The highest BCUT2D eigenvalue weighted by Gasteiger charge is 2.24. The molecule has 0 bridgehead atoms. The summed E-state index contributed by atoms with van der Waals surface area (Å²) in [5.41, 5.74) is 2.55. The Kier molecular flexibility index (Phi) is 5.12. The van der Waals surface area contributed by atoms with Gasteiger partial charge in [-0.05, 0) is 37.3 Å².